The minimum Gasteiger partial charge on any atom is -0.497 e. The highest BCUT2D eigenvalue weighted by Crippen LogP contribution is 2.33. The van der Waals surface area contributed by atoms with E-state index in [1.54, 1.807) is 31.3 Å². The van der Waals surface area contributed by atoms with Crippen LogP contribution >= 0.6 is 0 Å². The van der Waals surface area contributed by atoms with E-state index < -0.39 is 0 Å². The minimum absolute atomic E-state index is 0.797. The number of hydrogen-bond donors (Lipinski definition) is 0. The largest absolute Gasteiger partial charge is 0.497 e. The van der Waals surface area contributed by atoms with E-state index in [4.69, 9.17) is 9.47 Å². The van der Waals surface area contributed by atoms with Gasteiger partial charge in [-0.15, -0.1) is 5.10 Å². The Bertz CT molecular complexity index is 722. The van der Waals surface area contributed by atoms with Crippen LogP contribution in [0.2, 0.25) is 0 Å². The molecule has 0 aliphatic heterocycles. The summed E-state index contributed by atoms with van der Waals surface area (Å²) in [5.41, 5.74) is 3.00. The fourth-order valence-electron chi connectivity index (χ4n) is 2.18. The predicted molar refractivity (Wildman–Crippen MR) is 79.9 cm³/mol. The SMILES string of the molecule is COc1ccc(OC)c(-c2ccc(-n3ccnn3)cc2)c1. The third kappa shape index (κ3) is 2.58. The van der Waals surface area contributed by atoms with E-state index >= 15 is 0 Å². The third-order valence-corrected chi connectivity index (χ3v) is 3.27. The van der Waals surface area contributed by atoms with Crippen LogP contribution in [0.3, 0.4) is 0 Å². The Balaban J connectivity index is 2.00. The highest BCUT2D eigenvalue weighted by Gasteiger charge is 2.08. The maximum atomic E-state index is 5.42. The van der Waals surface area contributed by atoms with Crippen molar-refractivity contribution >= 4 is 0 Å². The van der Waals surface area contributed by atoms with E-state index in [9.17, 15) is 0 Å². The molecule has 0 amide bonds. The molecule has 0 aliphatic carbocycles. The lowest BCUT2D eigenvalue weighted by Gasteiger charge is -2.11. The number of hydrogen-bond acceptors (Lipinski definition) is 4. The van der Waals surface area contributed by atoms with Gasteiger partial charge in [-0.1, -0.05) is 17.3 Å². The van der Waals surface area contributed by atoms with Gasteiger partial charge < -0.3 is 9.47 Å². The minimum atomic E-state index is 0.797. The summed E-state index contributed by atoms with van der Waals surface area (Å²) >= 11 is 0. The molecule has 21 heavy (non-hydrogen) atoms. The molecule has 0 spiro atoms. The highest BCUT2D eigenvalue weighted by atomic mass is 16.5. The summed E-state index contributed by atoms with van der Waals surface area (Å²) in [5, 5.41) is 7.78. The van der Waals surface area contributed by atoms with E-state index in [-0.39, 0.29) is 0 Å². The van der Waals surface area contributed by atoms with Gasteiger partial charge in [-0.2, -0.15) is 0 Å². The first-order valence-electron chi connectivity index (χ1n) is 6.51. The lowest BCUT2D eigenvalue weighted by molar-refractivity contribution is 0.404. The quantitative estimate of drug-likeness (QED) is 0.737. The summed E-state index contributed by atoms with van der Waals surface area (Å²) in [6.07, 6.45) is 3.46. The molecule has 0 fully saturated rings. The van der Waals surface area contributed by atoms with Crippen LogP contribution in [0.25, 0.3) is 16.8 Å². The summed E-state index contributed by atoms with van der Waals surface area (Å²) < 4.78 is 12.4. The zero-order chi connectivity index (χ0) is 14.7. The van der Waals surface area contributed by atoms with Gasteiger partial charge in [0.25, 0.3) is 0 Å². The molecule has 0 atom stereocenters. The molecule has 0 radical (unpaired) electrons. The molecular formula is C16H15N3O2. The molecular weight excluding hydrogens is 266 g/mol. The highest BCUT2D eigenvalue weighted by molar-refractivity contribution is 5.72. The molecule has 2 aromatic carbocycles. The first kappa shape index (κ1) is 13.2. The lowest BCUT2D eigenvalue weighted by atomic mass is 10.0. The van der Waals surface area contributed by atoms with Crippen LogP contribution in [0.1, 0.15) is 0 Å². The van der Waals surface area contributed by atoms with Gasteiger partial charge in [0.05, 0.1) is 32.3 Å². The average molecular weight is 281 g/mol. The second-order valence-corrected chi connectivity index (χ2v) is 4.46. The second kappa shape index (κ2) is 5.66. The number of ether oxygens (including phenoxy) is 2. The summed E-state index contributed by atoms with van der Waals surface area (Å²) in [4.78, 5) is 0. The van der Waals surface area contributed by atoms with Crippen molar-refractivity contribution in [2.45, 2.75) is 0 Å². The van der Waals surface area contributed by atoms with E-state index in [2.05, 4.69) is 10.3 Å². The third-order valence-electron chi connectivity index (χ3n) is 3.27. The first-order valence-corrected chi connectivity index (χ1v) is 6.51. The van der Waals surface area contributed by atoms with Gasteiger partial charge in [-0.25, -0.2) is 4.68 Å². The molecule has 3 rings (SSSR count). The standard InChI is InChI=1S/C16H15N3O2/c1-20-14-7-8-16(21-2)15(11-14)12-3-5-13(6-4-12)19-10-9-17-18-19/h3-11H,1-2H3. The fourth-order valence-corrected chi connectivity index (χ4v) is 2.18. The van der Waals surface area contributed by atoms with Crippen molar-refractivity contribution in [2.24, 2.45) is 0 Å². The summed E-state index contributed by atoms with van der Waals surface area (Å²) in [7, 11) is 3.31. The summed E-state index contributed by atoms with van der Waals surface area (Å²) in [6.45, 7) is 0. The van der Waals surface area contributed by atoms with Crippen molar-refractivity contribution in [1.29, 1.82) is 0 Å². The van der Waals surface area contributed by atoms with E-state index in [1.807, 2.05) is 42.5 Å². The predicted octanol–water partition coefficient (Wildman–Crippen LogP) is 2.95. The Hall–Kier alpha value is -2.82. The van der Waals surface area contributed by atoms with Crippen LogP contribution in [0.15, 0.2) is 54.9 Å². The van der Waals surface area contributed by atoms with E-state index in [1.165, 1.54) is 0 Å². The van der Waals surface area contributed by atoms with Gasteiger partial charge in [0.15, 0.2) is 0 Å². The molecule has 106 valence electrons. The topological polar surface area (TPSA) is 49.2 Å². The van der Waals surface area contributed by atoms with E-state index in [0.717, 1.165) is 28.3 Å². The summed E-state index contributed by atoms with van der Waals surface area (Å²) in [6, 6.07) is 13.8. The van der Waals surface area contributed by atoms with Crippen molar-refractivity contribution in [1.82, 2.24) is 15.0 Å². The normalized spacial score (nSPS) is 10.4. The van der Waals surface area contributed by atoms with Crippen molar-refractivity contribution in [2.75, 3.05) is 14.2 Å². The molecule has 0 saturated carbocycles. The second-order valence-electron chi connectivity index (χ2n) is 4.46. The van der Waals surface area contributed by atoms with Gasteiger partial charge in [0.2, 0.25) is 0 Å². The number of benzene rings is 2. The summed E-state index contributed by atoms with van der Waals surface area (Å²) in [5.74, 6) is 1.61. The van der Waals surface area contributed by atoms with Crippen LogP contribution in [-0.4, -0.2) is 29.2 Å². The zero-order valence-electron chi connectivity index (χ0n) is 11.9. The van der Waals surface area contributed by atoms with Crippen molar-refractivity contribution in [3.05, 3.63) is 54.9 Å². The van der Waals surface area contributed by atoms with Crippen molar-refractivity contribution in [3.63, 3.8) is 0 Å². The maximum Gasteiger partial charge on any atom is 0.126 e. The fraction of sp³-hybridized carbons (Fsp3) is 0.125. The number of aromatic nitrogens is 3. The van der Waals surface area contributed by atoms with Crippen LogP contribution < -0.4 is 9.47 Å². The van der Waals surface area contributed by atoms with Crippen LogP contribution in [-0.2, 0) is 0 Å². The van der Waals surface area contributed by atoms with Gasteiger partial charge in [0, 0.05) is 5.56 Å². The molecule has 5 nitrogen and oxygen atoms in total. The van der Waals surface area contributed by atoms with Gasteiger partial charge in [-0.3, -0.25) is 0 Å². The smallest absolute Gasteiger partial charge is 0.126 e. The monoisotopic (exact) mass is 281 g/mol. The molecule has 5 heteroatoms. The Kier molecular flexibility index (Phi) is 3.55. The van der Waals surface area contributed by atoms with Crippen LogP contribution in [0.5, 0.6) is 11.5 Å². The first-order chi connectivity index (χ1) is 10.3. The molecule has 0 saturated heterocycles. The molecule has 1 aromatic heterocycles. The molecule has 3 aromatic rings. The lowest BCUT2D eigenvalue weighted by Crippen LogP contribution is -1.95. The Morgan fingerprint density at radius 1 is 0.952 bits per heavy atom. The molecule has 0 aliphatic rings. The number of methoxy groups -OCH3 is 2. The van der Waals surface area contributed by atoms with Crippen LogP contribution in [0.4, 0.5) is 0 Å². The number of nitrogens with zero attached hydrogens (tertiary/aromatic N) is 3. The molecule has 1 heterocycles. The van der Waals surface area contributed by atoms with Gasteiger partial charge in [0.1, 0.15) is 11.5 Å². The zero-order valence-corrected chi connectivity index (χ0v) is 11.9. The molecule has 0 unspecified atom stereocenters. The number of rotatable bonds is 4. The van der Waals surface area contributed by atoms with E-state index in [0.29, 0.717) is 0 Å². The van der Waals surface area contributed by atoms with Gasteiger partial charge >= 0.3 is 0 Å². The Labute approximate surface area is 122 Å². The van der Waals surface area contributed by atoms with Crippen LogP contribution in [0, 0.1) is 0 Å². The average Bonchev–Trinajstić information content (AvgIpc) is 3.09. The van der Waals surface area contributed by atoms with Gasteiger partial charge in [-0.05, 0) is 35.9 Å². The molecule has 0 bridgehead atoms. The molecule has 0 N–H and O–H groups in total. The Morgan fingerprint density at radius 3 is 2.38 bits per heavy atom. The maximum absolute atomic E-state index is 5.42. The van der Waals surface area contributed by atoms with Crippen molar-refractivity contribution < 1.29 is 9.47 Å². The Morgan fingerprint density at radius 2 is 1.76 bits per heavy atom. The van der Waals surface area contributed by atoms with Crippen molar-refractivity contribution in [3.8, 4) is 28.3 Å².